The van der Waals surface area contributed by atoms with Crippen LogP contribution in [0.4, 0.5) is 0 Å². The molecular weight excluding hydrogens is 276 g/mol. The Bertz CT molecular complexity index is 551. The van der Waals surface area contributed by atoms with Gasteiger partial charge in [0.05, 0.1) is 0 Å². The number of hydrogen-bond acceptors (Lipinski definition) is 2. The van der Waals surface area contributed by atoms with Crippen LogP contribution in [0.5, 0.6) is 0 Å². The number of hydrogen-bond donors (Lipinski definition) is 0. The van der Waals surface area contributed by atoms with Crippen LogP contribution in [0.1, 0.15) is 45.6 Å². The lowest BCUT2D eigenvalue weighted by Gasteiger charge is -2.38. The third-order valence-corrected chi connectivity index (χ3v) is 6.50. The average Bonchev–Trinajstić information content (AvgIpc) is 2.81. The Labute approximate surface area is 132 Å². The van der Waals surface area contributed by atoms with E-state index in [1.54, 1.807) is 0 Å². The van der Waals surface area contributed by atoms with Crippen molar-refractivity contribution in [2.45, 2.75) is 58.7 Å². The molecule has 1 aromatic carbocycles. The van der Waals surface area contributed by atoms with E-state index >= 15 is 0 Å². The average molecular weight is 301 g/mol. The molecule has 1 aromatic rings. The molecule has 0 aromatic heterocycles. The lowest BCUT2D eigenvalue weighted by molar-refractivity contribution is -0.170. The fourth-order valence-corrected chi connectivity index (χ4v) is 4.44. The summed E-state index contributed by atoms with van der Waals surface area (Å²) >= 11 is 0. The molecule has 0 N–H and O–H groups in total. The van der Waals surface area contributed by atoms with E-state index in [4.69, 9.17) is 4.74 Å². The summed E-state index contributed by atoms with van der Waals surface area (Å²) in [5, 5.41) is 12.2. The van der Waals surface area contributed by atoms with Crippen LogP contribution in [0, 0.1) is 16.7 Å². The molecule has 4 atom stereocenters. The van der Waals surface area contributed by atoms with Crippen LogP contribution in [0.25, 0.3) is 0 Å². The van der Waals surface area contributed by atoms with Gasteiger partial charge in [0, 0.05) is 11.8 Å². The van der Waals surface area contributed by atoms with Gasteiger partial charge in [-0.3, -0.25) is 0 Å². The van der Waals surface area contributed by atoms with E-state index < -0.39 is 12.1 Å². The van der Waals surface area contributed by atoms with Gasteiger partial charge in [0.1, 0.15) is 6.10 Å². The summed E-state index contributed by atoms with van der Waals surface area (Å²) in [4.78, 5) is 12.2. The molecular formula is C19H25O3. The molecule has 2 bridgehead atoms. The minimum Gasteiger partial charge on any atom is -0.460 e. The number of esters is 1. The summed E-state index contributed by atoms with van der Waals surface area (Å²) < 4.78 is 5.67. The van der Waals surface area contributed by atoms with Gasteiger partial charge in [0.25, 0.3) is 0 Å². The number of ether oxygens (including phenoxy) is 1. The zero-order valence-electron chi connectivity index (χ0n) is 13.7. The molecule has 2 fully saturated rings. The molecule has 119 valence electrons. The molecule has 2 aliphatic rings. The van der Waals surface area contributed by atoms with Gasteiger partial charge in [-0.25, -0.2) is 9.90 Å². The molecule has 2 saturated carbocycles. The third kappa shape index (κ3) is 2.36. The molecule has 0 saturated heterocycles. The Morgan fingerprint density at radius 1 is 1.27 bits per heavy atom. The SMILES string of the molecule is CC1(C)C2CCC1(C)C(OC(=O)C([O])Cc1ccccc1)C2. The van der Waals surface area contributed by atoms with Crippen LogP contribution in [0.3, 0.4) is 0 Å². The van der Waals surface area contributed by atoms with Crippen molar-refractivity contribution < 1.29 is 14.6 Å². The van der Waals surface area contributed by atoms with E-state index in [-0.39, 0.29) is 23.4 Å². The Morgan fingerprint density at radius 2 is 1.95 bits per heavy atom. The molecule has 3 nitrogen and oxygen atoms in total. The molecule has 0 heterocycles. The van der Waals surface area contributed by atoms with Gasteiger partial charge < -0.3 is 4.74 Å². The highest BCUT2D eigenvalue weighted by molar-refractivity contribution is 5.75. The van der Waals surface area contributed by atoms with Gasteiger partial charge in [0.15, 0.2) is 6.10 Å². The first-order chi connectivity index (χ1) is 10.3. The van der Waals surface area contributed by atoms with Crippen molar-refractivity contribution in [3.63, 3.8) is 0 Å². The van der Waals surface area contributed by atoms with E-state index in [0.717, 1.165) is 18.4 Å². The van der Waals surface area contributed by atoms with E-state index in [1.807, 2.05) is 30.3 Å². The van der Waals surface area contributed by atoms with Crippen molar-refractivity contribution in [1.82, 2.24) is 0 Å². The highest BCUT2D eigenvalue weighted by Gasteiger charge is 2.63. The Balaban J connectivity index is 1.63. The van der Waals surface area contributed by atoms with Crippen LogP contribution in [0.2, 0.25) is 0 Å². The van der Waals surface area contributed by atoms with Crippen molar-refractivity contribution >= 4 is 5.97 Å². The number of benzene rings is 1. The van der Waals surface area contributed by atoms with Gasteiger partial charge in [-0.05, 0) is 36.2 Å². The standard InChI is InChI=1S/C19H25O3/c1-18(2)14-9-10-19(18,3)16(12-14)22-17(21)15(20)11-13-7-5-4-6-8-13/h4-8,14-16H,9-12H2,1-3H3. The second kappa shape index (κ2) is 5.38. The molecule has 2 aliphatic carbocycles. The number of fused-ring (bicyclic) bond motifs is 2. The zero-order valence-corrected chi connectivity index (χ0v) is 13.7. The summed E-state index contributed by atoms with van der Waals surface area (Å²) in [5.41, 5.74) is 1.09. The number of rotatable bonds is 4. The van der Waals surface area contributed by atoms with Crippen LogP contribution in [-0.4, -0.2) is 18.2 Å². The minimum absolute atomic E-state index is 0.0137. The fourth-order valence-electron chi connectivity index (χ4n) is 4.44. The summed E-state index contributed by atoms with van der Waals surface area (Å²) in [6.07, 6.45) is 1.99. The van der Waals surface area contributed by atoms with Crippen LogP contribution >= 0.6 is 0 Å². The summed E-state index contributed by atoms with van der Waals surface area (Å²) in [6, 6.07) is 9.42. The number of carbonyl (C=O) groups excluding carboxylic acids is 1. The van der Waals surface area contributed by atoms with E-state index in [0.29, 0.717) is 5.92 Å². The fraction of sp³-hybridized carbons (Fsp3) is 0.632. The summed E-state index contributed by atoms with van der Waals surface area (Å²) in [7, 11) is 0. The van der Waals surface area contributed by atoms with Crippen LogP contribution < -0.4 is 0 Å². The first-order valence-electron chi connectivity index (χ1n) is 8.25. The van der Waals surface area contributed by atoms with Gasteiger partial charge in [-0.15, -0.1) is 0 Å². The van der Waals surface area contributed by atoms with Crippen molar-refractivity contribution in [3.8, 4) is 0 Å². The van der Waals surface area contributed by atoms with Crippen molar-refractivity contribution in [2.24, 2.45) is 16.7 Å². The second-order valence-corrected chi connectivity index (χ2v) is 7.71. The first-order valence-corrected chi connectivity index (χ1v) is 8.25. The van der Waals surface area contributed by atoms with Crippen molar-refractivity contribution in [3.05, 3.63) is 35.9 Å². The lowest BCUT2D eigenvalue weighted by atomic mass is 9.70. The van der Waals surface area contributed by atoms with Crippen molar-refractivity contribution in [1.29, 1.82) is 0 Å². The Hall–Kier alpha value is -1.35. The lowest BCUT2D eigenvalue weighted by Crippen LogP contribution is -2.40. The molecule has 22 heavy (non-hydrogen) atoms. The topological polar surface area (TPSA) is 46.2 Å². The van der Waals surface area contributed by atoms with Gasteiger partial charge in [-0.2, -0.15) is 0 Å². The zero-order chi connectivity index (χ0) is 16.0. The first kappa shape index (κ1) is 15.5. The Kier molecular flexibility index (Phi) is 3.80. The van der Waals surface area contributed by atoms with Crippen LogP contribution in [-0.2, 0) is 21.1 Å². The predicted molar refractivity (Wildman–Crippen MR) is 83.7 cm³/mol. The monoisotopic (exact) mass is 301 g/mol. The molecule has 0 aliphatic heterocycles. The van der Waals surface area contributed by atoms with Gasteiger partial charge in [-0.1, -0.05) is 51.1 Å². The molecule has 0 spiro atoms. The highest BCUT2D eigenvalue weighted by atomic mass is 16.6. The maximum Gasteiger partial charge on any atom is 0.339 e. The van der Waals surface area contributed by atoms with Crippen molar-refractivity contribution in [2.75, 3.05) is 0 Å². The summed E-state index contributed by atoms with van der Waals surface area (Å²) in [5.74, 6) is 0.0213. The molecule has 3 rings (SSSR count). The van der Waals surface area contributed by atoms with E-state index in [9.17, 15) is 9.90 Å². The third-order valence-electron chi connectivity index (χ3n) is 6.50. The van der Waals surface area contributed by atoms with E-state index in [1.165, 1.54) is 6.42 Å². The largest absolute Gasteiger partial charge is 0.460 e. The molecule has 3 heteroatoms. The smallest absolute Gasteiger partial charge is 0.339 e. The van der Waals surface area contributed by atoms with Gasteiger partial charge in [0.2, 0.25) is 0 Å². The minimum atomic E-state index is -1.33. The normalized spacial score (nSPS) is 33.6. The maximum absolute atomic E-state index is 12.2. The Morgan fingerprint density at radius 3 is 2.50 bits per heavy atom. The quantitative estimate of drug-likeness (QED) is 0.794. The molecule has 4 unspecified atom stereocenters. The van der Waals surface area contributed by atoms with E-state index in [2.05, 4.69) is 20.8 Å². The number of carbonyl (C=O) groups is 1. The summed E-state index contributed by atoms with van der Waals surface area (Å²) in [6.45, 7) is 6.77. The molecule has 0 amide bonds. The highest BCUT2D eigenvalue weighted by Crippen LogP contribution is 2.66. The van der Waals surface area contributed by atoms with Crippen LogP contribution in [0.15, 0.2) is 30.3 Å². The van der Waals surface area contributed by atoms with Gasteiger partial charge >= 0.3 is 5.97 Å². The molecule has 1 radical (unpaired) electrons. The second-order valence-electron chi connectivity index (χ2n) is 7.71. The maximum atomic E-state index is 12.2. The predicted octanol–water partition coefficient (Wildman–Crippen LogP) is 3.79.